The molecule has 0 unspecified atom stereocenters. The molecular formula is C10H11BrN4O2. The summed E-state index contributed by atoms with van der Waals surface area (Å²) in [6.45, 7) is 2.16. The van der Waals surface area contributed by atoms with E-state index in [9.17, 15) is 4.79 Å². The highest BCUT2D eigenvalue weighted by molar-refractivity contribution is 9.10. The third-order valence-corrected chi connectivity index (χ3v) is 3.02. The molecule has 0 radical (unpaired) electrons. The van der Waals surface area contributed by atoms with Crippen LogP contribution in [0.3, 0.4) is 0 Å². The number of halogens is 1. The van der Waals surface area contributed by atoms with Gasteiger partial charge < -0.3 is 4.74 Å². The molecule has 0 fully saturated rings. The first kappa shape index (κ1) is 12.0. The Morgan fingerprint density at radius 1 is 1.47 bits per heavy atom. The molecule has 0 aliphatic carbocycles. The minimum absolute atomic E-state index is 0.213. The lowest BCUT2D eigenvalue weighted by Crippen LogP contribution is -2.16. The van der Waals surface area contributed by atoms with Crippen molar-refractivity contribution >= 4 is 15.9 Å². The van der Waals surface area contributed by atoms with Gasteiger partial charge in [-0.15, -0.1) is 5.10 Å². The molecule has 0 aromatic carbocycles. The second-order valence-electron chi connectivity index (χ2n) is 3.51. The molecule has 0 aliphatic rings. The van der Waals surface area contributed by atoms with Gasteiger partial charge >= 0.3 is 0 Å². The molecule has 0 bridgehead atoms. The van der Waals surface area contributed by atoms with E-state index in [2.05, 4.69) is 31.2 Å². The van der Waals surface area contributed by atoms with Gasteiger partial charge in [-0.1, -0.05) is 0 Å². The molecule has 2 aromatic heterocycles. The Labute approximate surface area is 106 Å². The fourth-order valence-corrected chi connectivity index (χ4v) is 1.75. The van der Waals surface area contributed by atoms with E-state index in [0.29, 0.717) is 22.6 Å². The van der Waals surface area contributed by atoms with Gasteiger partial charge in [0.25, 0.3) is 5.56 Å². The maximum absolute atomic E-state index is 11.9. The lowest BCUT2D eigenvalue weighted by atomic mass is 10.4. The predicted molar refractivity (Wildman–Crippen MR) is 65.1 cm³/mol. The van der Waals surface area contributed by atoms with Crippen molar-refractivity contribution in [2.24, 2.45) is 0 Å². The van der Waals surface area contributed by atoms with Crippen LogP contribution in [0.2, 0.25) is 0 Å². The summed E-state index contributed by atoms with van der Waals surface area (Å²) in [5.41, 5.74) is 1.25. The smallest absolute Gasteiger partial charge is 0.287 e. The molecule has 0 aliphatic heterocycles. The zero-order chi connectivity index (χ0) is 12.4. The number of methoxy groups -OCH3 is 1. The third kappa shape index (κ3) is 2.29. The van der Waals surface area contributed by atoms with Gasteiger partial charge in [-0.2, -0.15) is 9.78 Å². The molecule has 17 heavy (non-hydrogen) atoms. The monoisotopic (exact) mass is 298 g/mol. The van der Waals surface area contributed by atoms with Crippen LogP contribution < -0.4 is 5.56 Å². The van der Waals surface area contributed by atoms with Crippen molar-refractivity contribution in [1.82, 2.24) is 20.0 Å². The van der Waals surface area contributed by atoms with Crippen LogP contribution in [0, 0.1) is 6.92 Å². The number of nitrogens with zero attached hydrogens (tertiary/aromatic N) is 3. The van der Waals surface area contributed by atoms with Crippen molar-refractivity contribution < 1.29 is 4.74 Å². The zero-order valence-corrected chi connectivity index (χ0v) is 11.0. The van der Waals surface area contributed by atoms with Gasteiger partial charge in [0.05, 0.1) is 18.0 Å². The second-order valence-corrected chi connectivity index (χ2v) is 4.30. The average Bonchev–Trinajstić information content (AvgIpc) is 2.59. The molecule has 6 nitrogen and oxygen atoms in total. The number of ether oxygens (including phenoxy) is 1. The number of H-pyrrole nitrogens is 1. The summed E-state index contributed by atoms with van der Waals surface area (Å²) in [7, 11) is 1.56. The van der Waals surface area contributed by atoms with Crippen LogP contribution in [-0.4, -0.2) is 27.1 Å². The first-order valence-electron chi connectivity index (χ1n) is 4.92. The van der Waals surface area contributed by atoms with Crippen molar-refractivity contribution in [1.29, 1.82) is 0 Å². The van der Waals surface area contributed by atoms with E-state index in [1.165, 1.54) is 4.68 Å². The van der Waals surface area contributed by atoms with Gasteiger partial charge in [-0.05, 0) is 35.0 Å². The lowest BCUT2D eigenvalue weighted by Gasteiger charge is -1.99. The molecule has 1 N–H and O–H groups in total. The highest BCUT2D eigenvalue weighted by Gasteiger charge is 2.13. The van der Waals surface area contributed by atoms with Crippen molar-refractivity contribution in [2.45, 2.75) is 13.5 Å². The average molecular weight is 299 g/mol. The summed E-state index contributed by atoms with van der Waals surface area (Å²) in [6.07, 6.45) is 0. The number of hydrogen-bond donors (Lipinski definition) is 1. The molecule has 2 rings (SSSR count). The Hall–Kier alpha value is -1.47. The van der Waals surface area contributed by atoms with Crippen LogP contribution in [0.15, 0.2) is 21.4 Å². The van der Waals surface area contributed by atoms with Gasteiger partial charge in [-0.3, -0.25) is 9.89 Å². The largest absolute Gasteiger partial charge is 0.378 e. The van der Waals surface area contributed by atoms with Crippen molar-refractivity contribution in [2.75, 3.05) is 7.11 Å². The SMILES string of the molecule is COCc1[nH]n(-c2ccc(C)nn2)c(=O)c1Br. The summed E-state index contributed by atoms with van der Waals surface area (Å²) in [5.74, 6) is 0.448. The minimum atomic E-state index is -0.213. The second kappa shape index (κ2) is 4.80. The first-order chi connectivity index (χ1) is 8.13. The normalized spacial score (nSPS) is 10.8. The van der Waals surface area contributed by atoms with Gasteiger partial charge in [0.15, 0.2) is 5.82 Å². The zero-order valence-electron chi connectivity index (χ0n) is 9.40. The molecule has 7 heteroatoms. The van der Waals surface area contributed by atoms with E-state index in [0.717, 1.165) is 5.69 Å². The van der Waals surface area contributed by atoms with Gasteiger partial charge in [0, 0.05) is 7.11 Å². The van der Waals surface area contributed by atoms with Crippen LogP contribution >= 0.6 is 15.9 Å². The molecule has 0 spiro atoms. The maximum Gasteiger partial charge on any atom is 0.287 e. The van der Waals surface area contributed by atoms with E-state index in [1.807, 2.05) is 6.92 Å². The van der Waals surface area contributed by atoms with Crippen LogP contribution in [0.25, 0.3) is 5.82 Å². The fourth-order valence-electron chi connectivity index (χ4n) is 1.37. The Morgan fingerprint density at radius 3 is 2.82 bits per heavy atom. The Balaban J connectivity index is 2.49. The Bertz CT molecular complexity index is 573. The first-order valence-corrected chi connectivity index (χ1v) is 5.72. The van der Waals surface area contributed by atoms with Crippen LogP contribution in [0.4, 0.5) is 0 Å². The number of rotatable bonds is 3. The summed E-state index contributed by atoms with van der Waals surface area (Å²) >= 11 is 3.22. The quantitative estimate of drug-likeness (QED) is 0.923. The van der Waals surface area contributed by atoms with Crippen molar-refractivity contribution in [3.8, 4) is 5.82 Å². The van der Waals surface area contributed by atoms with Crippen molar-refractivity contribution in [3.63, 3.8) is 0 Å². The number of nitrogens with one attached hydrogen (secondary N) is 1. The lowest BCUT2D eigenvalue weighted by molar-refractivity contribution is 0.180. The molecular weight excluding hydrogens is 288 g/mol. The standard InChI is InChI=1S/C10H11BrN4O2/c1-6-3-4-8(13-12-6)15-10(16)9(11)7(14-15)5-17-2/h3-4,14H,5H2,1-2H3. The number of aromatic nitrogens is 4. The maximum atomic E-state index is 11.9. The summed E-state index contributed by atoms with van der Waals surface area (Å²) < 4.78 is 6.75. The number of aromatic amines is 1. The molecule has 0 amide bonds. The highest BCUT2D eigenvalue weighted by atomic mass is 79.9. The summed E-state index contributed by atoms with van der Waals surface area (Å²) in [4.78, 5) is 11.9. The topological polar surface area (TPSA) is 72.8 Å². The molecule has 2 aromatic rings. The minimum Gasteiger partial charge on any atom is -0.378 e. The Morgan fingerprint density at radius 2 is 2.24 bits per heavy atom. The van der Waals surface area contributed by atoms with E-state index < -0.39 is 0 Å². The summed E-state index contributed by atoms with van der Waals surface area (Å²) in [5, 5.41) is 10.8. The van der Waals surface area contributed by atoms with Gasteiger partial charge in [0.2, 0.25) is 0 Å². The number of hydrogen-bond acceptors (Lipinski definition) is 4. The Kier molecular flexibility index (Phi) is 3.39. The van der Waals surface area contributed by atoms with E-state index in [-0.39, 0.29) is 5.56 Å². The third-order valence-electron chi connectivity index (χ3n) is 2.20. The predicted octanol–water partition coefficient (Wildman–Crippen LogP) is 1.17. The van der Waals surface area contributed by atoms with Crippen LogP contribution in [0.1, 0.15) is 11.4 Å². The van der Waals surface area contributed by atoms with E-state index in [4.69, 9.17) is 4.74 Å². The van der Waals surface area contributed by atoms with Crippen LogP contribution in [-0.2, 0) is 11.3 Å². The molecule has 0 atom stereocenters. The van der Waals surface area contributed by atoms with Crippen molar-refractivity contribution in [3.05, 3.63) is 38.3 Å². The molecule has 0 saturated carbocycles. The summed E-state index contributed by atoms with van der Waals surface area (Å²) in [6, 6.07) is 3.52. The molecule has 90 valence electrons. The molecule has 2 heterocycles. The van der Waals surface area contributed by atoms with E-state index in [1.54, 1.807) is 19.2 Å². The van der Waals surface area contributed by atoms with Gasteiger partial charge in [-0.25, -0.2) is 0 Å². The highest BCUT2D eigenvalue weighted by Crippen LogP contribution is 2.12. The molecule has 0 saturated heterocycles. The van der Waals surface area contributed by atoms with Gasteiger partial charge in [0.1, 0.15) is 4.47 Å². The van der Waals surface area contributed by atoms with E-state index >= 15 is 0 Å². The fraction of sp³-hybridized carbons (Fsp3) is 0.300. The number of aryl methyl sites for hydroxylation is 1. The van der Waals surface area contributed by atoms with Crippen LogP contribution in [0.5, 0.6) is 0 Å².